The van der Waals surface area contributed by atoms with Gasteiger partial charge in [0.1, 0.15) is 18.5 Å². The van der Waals surface area contributed by atoms with Gasteiger partial charge in [0.15, 0.2) is 0 Å². The first kappa shape index (κ1) is 15.3. The summed E-state index contributed by atoms with van der Waals surface area (Å²) in [6.07, 6.45) is -0.325. The first-order valence-corrected chi connectivity index (χ1v) is 8.23. The predicted molar refractivity (Wildman–Crippen MR) is 97.5 cm³/mol. The van der Waals surface area contributed by atoms with E-state index in [0.29, 0.717) is 12.2 Å². The van der Waals surface area contributed by atoms with Crippen LogP contribution in [0.1, 0.15) is 27.7 Å². The second-order valence-electron chi connectivity index (χ2n) is 5.91. The summed E-state index contributed by atoms with van der Waals surface area (Å²) in [6, 6.07) is 25.3. The lowest BCUT2D eigenvalue weighted by Crippen LogP contribution is -2.38. The molecule has 4 nitrogen and oxygen atoms in total. The molecule has 3 aromatic carbocycles. The normalized spacial score (nSPS) is 15.7. The fourth-order valence-electron chi connectivity index (χ4n) is 2.95. The lowest BCUT2D eigenvalue weighted by atomic mass is 10.1. The Morgan fingerprint density at radius 1 is 0.800 bits per heavy atom. The fraction of sp³-hybridized carbons (Fsp3) is 0.0952. The van der Waals surface area contributed by atoms with Gasteiger partial charge in [-0.15, -0.1) is 0 Å². The van der Waals surface area contributed by atoms with Crippen molar-refractivity contribution in [3.8, 4) is 5.75 Å². The first-order chi connectivity index (χ1) is 12.3. The molecule has 2 N–H and O–H groups in total. The highest BCUT2D eigenvalue weighted by Crippen LogP contribution is 2.31. The zero-order chi connectivity index (χ0) is 17.1. The zero-order valence-electron chi connectivity index (χ0n) is 13.6. The SMILES string of the molecule is O=C1N[C@@H](c2ccccc2OCc2ccccc2)Nc2ccccc21. The van der Waals surface area contributed by atoms with Gasteiger partial charge in [0.2, 0.25) is 0 Å². The van der Waals surface area contributed by atoms with E-state index in [1.165, 1.54) is 0 Å². The van der Waals surface area contributed by atoms with Gasteiger partial charge in [-0.2, -0.15) is 0 Å². The number of ether oxygens (including phenoxy) is 1. The van der Waals surface area contributed by atoms with Gasteiger partial charge < -0.3 is 15.4 Å². The Hall–Kier alpha value is -3.27. The van der Waals surface area contributed by atoms with Crippen molar-refractivity contribution in [3.05, 3.63) is 95.6 Å². The number of carbonyl (C=O) groups excluding carboxylic acids is 1. The first-order valence-electron chi connectivity index (χ1n) is 8.23. The Balaban J connectivity index is 1.58. The van der Waals surface area contributed by atoms with Crippen molar-refractivity contribution in [1.82, 2.24) is 5.32 Å². The van der Waals surface area contributed by atoms with Crippen LogP contribution in [0.2, 0.25) is 0 Å². The van der Waals surface area contributed by atoms with Gasteiger partial charge in [-0.3, -0.25) is 4.79 Å². The second-order valence-corrected chi connectivity index (χ2v) is 5.91. The van der Waals surface area contributed by atoms with Crippen LogP contribution in [0.3, 0.4) is 0 Å². The fourth-order valence-corrected chi connectivity index (χ4v) is 2.95. The molecule has 0 radical (unpaired) electrons. The number of benzene rings is 3. The summed E-state index contributed by atoms with van der Waals surface area (Å²) in [5.41, 5.74) is 3.49. The van der Waals surface area contributed by atoms with Crippen LogP contribution in [0.4, 0.5) is 5.69 Å². The Labute approximate surface area is 146 Å². The van der Waals surface area contributed by atoms with Crippen molar-refractivity contribution in [2.24, 2.45) is 0 Å². The number of hydrogen-bond donors (Lipinski definition) is 2. The summed E-state index contributed by atoms with van der Waals surface area (Å²) in [7, 11) is 0. The van der Waals surface area contributed by atoms with E-state index in [1.54, 1.807) is 0 Å². The van der Waals surface area contributed by atoms with Crippen molar-refractivity contribution >= 4 is 11.6 Å². The van der Waals surface area contributed by atoms with E-state index in [0.717, 1.165) is 22.6 Å². The molecule has 1 atom stereocenters. The monoisotopic (exact) mass is 330 g/mol. The molecule has 0 aliphatic carbocycles. The van der Waals surface area contributed by atoms with Crippen LogP contribution >= 0.6 is 0 Å². The molecule has 4 heteroatoms. The smallest absolute Gasteiger partial charge is 0.255 e. The summed E-state index contributed by atoms with van der Waals surface area (Å²) in [5, 5.41) is 6.37. The average Bonchev–Trinajstić information content (AvgIpc) is 2.67. The molecule has 4 rings (SSSR count). The lowest BCUT2D eigenvalue weighted by molar-refractivity contribution is 0.0935. The molecular weight excluding hydrogens is 312 g/mol. The highest BCUT2D eigenvalue weighted by atomic mass is 16.5. The van der Waals surface area contributed by atoms with Crippen molar-refractivity contribution < 1.29 is 9.53 Å². The minimum absolute atomic E-state index is 0.0859. The summed E-state index contributed by atoms with van der Waals surface area (Å²) in [5.74, 6) is 0.667. The van der Waals surface area contributed by atoms with Gasteiger partial charge in [-0.05, 0) is 23.8 Å². The minimum Gasteiger partial charge on any atom is -0.488 e. The van der Waals surface area contributed by atoms with Gasteiger partial charge in [-0.1, -0.05) is 60.7 Å². The topological polar surface area (TPSA) is 50.4 Å². The van der Waals surface area contributed by atoms with Crippen LogP contribution in [0.25, 0.3) is 0 Å². The molecule has 0 fully saturated rings. The summed E-state index contributed by atoms with van der Waals surface area (Å²) in [4.78, 5) is 12.4. The average molecular weight is 330 g/mol. The number of carbonyl (C=O) groups is 1. The Bertz CT molecular complexity index is 893. The van der Waals surface area contributed by atoms with E-state index in [-0.39, 0.29) is 12.1 Å². The van der Waals surface area contributed by atoms with Crippen LogP contribution in [0, 0.1) is 0 Å². The van der Waals surface area contributed by atoms with Crippen molar-refractivity contribution in [1.29, 1.82) is 0 Å². The quantitative estimate of drug-likeness (QED) is 0.756. The number of fused-ring (bicyclic) bond motifs is 1. The molecule has 3 aromatic rings. The Kier molecular flexibility index (Phi) is 4.09. The van der Waals surface area contributed by atoms with Gasteiger partial charge in [-0.25, -0.2) is 0 Å². The van der Waals surface area contributed by atoms with Crippen molar-refractivity contribution in [2.75, 3.05) is 5.32 Å². The molecule has 25 heavy (non-hydrogen) atoms. The molecule has 1 aliphatic rings. The largest absolute Gasteiger partial charge is 0.488 e. The summed E-state index contributed by atoms with van der Waals surface area (Å²) in [6.45, 7) is 0.481. The Morgan fingerprint density at radius 3 is 2.40 bits per heavy atom. The van der Waals surface area contributed by atoms with E-state index < -0.39 is 0 Å². The van der Waals surface area contributed by atoms with Crippen LogP contribution < -0.4 is 15.4 Å². The maximum Gasteiger partial charge on any atom is 0.255 e. The number of amides is 1. The molecular formula is C21H18N2O2. The maximum atomic E-state index is 12.4. The minimum atomic E-state index is -0.325. The number of hydrogen-bond acceptors (Lipinski definition) is 3. The van der Waals surface area contributed by atoms with Gasteiger partial charge in [0.05, 0.1) is 5.56 Å². The van der Waals surface area contributed by atoms with E-state index in [1.807, 2.05) is 78.9 Å². The van der Waals surface area contributed by atoms with E-state index in [4.69, 9.17) is 4.74 Å². The Morgan fingerprint density at radius 2 is 1.52 bits per heavy atom. The molecule has 124 valence electrons. The number of rotatable bonds is 4. The molecule has 0 saturated carbocycles. The maximum absolute atomic E-state index is 12.4. The molecule has 0 unspecified atom stereocenters. The zero-order valence-corrected chi connectivity index (χ0v) is 13.6. The van der Waals surface area contributed by atoms with Gasteiger partial charge in [0.25, 0.3) is 5.91 Å². The molecule has 1 amide bonds. The molecule has 1 aliphatic heterocycles. The molecule has 0 aromatic heterocycles. The molecule has 1 heterocycles. The van der Waals surface area contributed by atoms with Crippen LogP contribution in [-0.4, -0.2) is 5.91 Å². The van der Waals surface area contributed by atoms with Crippen molar-refractivity contribution in [3.63, 3.8) is 0 Å². The third-order valence-electron chi connectivity index (χ3n) is 4.21. The van der Waals surface area contributed by atoms with Crippen LogP contribution in [-0.2, 0) is 6.61 Å². The summed E-state index contributed by atoms with van der Waals surface area (Å²) < 4.78 is 6.01. The van der Waals surface area contributed by atoms with Gasteiger partial charge >= 0.3 is 0 Å². The van der Waals surface area contributed by atoms with Crippen LogP contribution in [0.15, 0.2) is 78.9 Å². The molecule has 0 bridgehead atoms. The van der Waals surface area contributed by atoms with Gasteiger partial charge in [0, 0.05) is 11.3 Å². The highest BCUT2D eigenvalue weighted by molar-refractivity contribution is 6.01. The van der Waals surface area contributed by atoms with Crippen LogP contribution in [0.5, 0.6) is 5.75 Å². The van der Waals surface area contributed by atoms with Crippen molar-refractivity contribution in [2.45, 2.75) is 12.8 Å². The van der Waals surface area contributed by atoms with E-state index in [2.05, 4.69) is 10.6 Å². The standard InChI is InChI=1S/C21H18N2O2/c24-21-16-10-4-6-12-18(16)22-20(23-21)17-11-5-7-13-19(17)25-14-15-8-2-1-3-9-15/h1-13,20,22H,14H2,(H,23,24)/t20-/m0/s1. The predicted octanol–water partition coefficient (Wildman–Crippen LogP) is 4.12. The number of nitrogens with one attached hydrogen (secondary N) is 2. The number of para-hydroxylation sites is 2. The van der Waals surface area contributed by atoms with E-state index >= 15 is 0 Å². The third kappa shape index (κ3) is 3.19. The molecule has 0 spiro atoms. The lowest BCUT2D eigenvalue weighted by Gasteiger charge is -2.29. The summed E-state index contributed by atoms with van der Waals surface area (Å²) >= 11 is 0. The van der Waals surface area contributed by atoms with E-state index in [9.17, 15) is 4.79 Å². The highest BCUT2D eigenvalue weighted by Gasteiger charge is 2.26. The number of anilines is 1. The molecule has 0 saturated heterocycles. The third-order valence-corrected chi connectivity index (χ3v) is 4.21. The second kappa shape index (κ2) is 6.69.